The molecule has 3 aromatic rings. The summed E-state index contributed by atoms with van der Waals surface area (Å²) in [4.78, 5) is 34.4. The van der Waals surface area contributed by atoms with Crippen molar-refractivity contribution in [3.05, 3.63) is 55.5 Å². The SMILES string of the molecule is O=Cc1c(=O)ccc2c(O)c3ccc(=O)c(=CO)c3oc12. The topological polar surface area (TPSA) is 105 Å². The summed E-state index contributed by atoms with van der Waals surface area (Å²) in [6, 6.07) is 4.99. The van der Waals surface area contributed by atoms with Crippen LogP contribution >= 0.6 is 0 Å². The Morgan fingerprint density at radius 1 is 0.952 bits per heavy atom. The maximum absolute atomic E-state index is 11.7. The van der Waals surface area contributed by atoms with Gasteiger partial charge in [0.05, 0.1) is 22.3 Å². The molecule has 6 nitrogen and oxygen atoms in total. The molecule has 2 aromatic carbocycles. The number of aldehydes is 1. The first-order valence-electron chi connectivity index (χ1n) is 5.93. The Bertz CT molecular complexity index is 1060. The van der Waals surface area contributed by atoms with Gasteiger partial charge in [-0.1, -0.05) is 0 Å². The lowest BCUT2D eigenvalue weighted by Crippen LogP contribution is -2.23. The van der Waals surface area contributed by atoms with Crippen LogP contribution in [0.3, 0.4) is 0 Å². The number of benzene rings is 2. The second-order valence-electron chi connectivity index (χ2n) is 4.41. The molecule has 0 radical (unpaired) electrons. The normalized spacial score (nSPS) is 12.1. The molecule has 0 saturated carbocycles. The van der Waals surface area contributed by atoms with Crippen LogP contribution in [0.5, 0.6) is 5.75 Å². The van der Waals surface area contributed by atoms with Gasteiger partial charge in [0.1, 0.15) is 11.3 Å². The van der Waals surface area contributed by atoms with Crippen molar-refractivity contribution in [2.45, 2.75) is 0 Å². The number of hydrogen-bond donors (Lipinski definition) is 2. The van der Waals surface area contributed by atoms with Crippen molar-refractivity contribution >= 4 is 34.5 Å². The Morgan fingerprint density at radius 3 is 2.19 bits per heavy atom. The lowest BCUT2D eigenvalue weighted by molar-refractivity contribution is 0.112. The fraction of sp³-hybridized carbons (Fsp3) is 0. The summed E-state index contributed by atoms with van der Waals surface area (Å²) in [5.74, 6) is -0.238. The van der Waals surface area contributed by atoms with E-state index >= 15 is 0 Å². The zero-order valence-corrected chi connectivity index (χ0v) is 10.5. The van der Waals surface area contributed by atoms with Crippen LogP contribution in [-0.2, 0) is 0 Å². The van der Waals surface area contributed by atoms with Gasteiger partial charge < -0.3 is 14.6 Å². The van der Waals surface area contributed by atoms with Crippen LogP contribution in [0.1, 0.15) is 10.4 Å². The predicted molar refractivity (Wildman–Crippen MR) is 75.6 cm³/mol. The number of fused-ring (bicyclic) bond motifs is 2. The minimum absolute atomic E-state index is 0.0938. The van der Waals surface area contributed by atoms with Crippen LogP contribution < -0.4 is 16.1 Å². The van der Waals surface area contributed by atoms with E-state index in [1.165, 1.54) is 18.2 Å². The number of aromatic hydroxyl groups is 1. The minimum atomic E-state index is -0.562. The van der Waals surface area contributed by atoms with Gasteiger partial charge in [0.25, 0.3) is 0 Å². The molecule has 21 heavy (non-hydrogen) atoms. The first kappa shape index (κ1) is 12.9. The summed E-state index contributed by atoms with van der Waals surface area (Å²) >= 11 is 0. The van der Waals surface area contributed by atoms with Crippen molar-refractivity contribution in [2.75, 3.05) is 0 Å². The number of aliphatic hydroxyl groups excluding tert-OH is 1. The van der Waals surface area contributed by atoms with Gasteiger partial charge in [-0.3, -0.25) is 14.4 Å². The zero-order chi connectivity index (χ0) is 15.1. The first-order valence-corrected chi connectivity index (χ1v) is 5.93. The third-order valence-electron chi connectivity index (χ3n) is 3.27. The van der Waals surface area contributed by atoms with E-state index in [-0.39, 0.29) is 38.5 Å². The fourth-order valence-corrected chi connectivity index (χ4v) is 2.24. The molecular weight excluding hydrogens is 276 g/mol. The monoisotopic (exact) mass is 284 g/mol. The standard InChI is InChI=1S/C15H8O6/c16-5-9-11(18)3-1-7-13(20)8-2-4-12(19)10(6-17)15(8)21-14(7)9/h1-6,16,20H. The van der Waals surface area contributed by atoms with Gasteiger partial charge >= 0.3 is 0 Å². The first-order chi connectivity index (χ1) is 10.1. The van der Waals surface area contributed by atoms with Crippen LogP contribution in [0.15, 0.2) is 38.3 Å². The third-order valence-corrected chi connectivity index (χ3v) is 3.27. The number of aliphatic hydroxyl groups is 1. The second-order valence-corrected chi connectivity index (χ2v) is 4.41. The summed E-state index contributed by atoms with van der Waals surface area (Å²) in [5.41, 5.74) is -1.56. The van der Waals surface area contributed by atoms with Crippen LogP contribution in [0.25, 0.3) is 28.2 Å². The van der Waals surface area contributed by atoms with E-state index in [9.17, 15) is 19.5 Å². The van der Waals surface area contributed by atoms with Gasteiger partial charge in [0.15, 0.2) is 28.3 Å². The molecule has 6 heteroatoms. The van der Waals surface area contributed by atoms with E-state index in [1.807, 2.05) is 0 Å². The van der Waals surface area contributed by atoms with Crippen molar-refractivity contribution in [1.82, 2.24) is 0 Å². The van der Waals surface area contributed by atoms with Gasteiger partial charge in [-0.15, -0.1) is 0 Å². The van der Waals surface area contributed by atoms with Crippen molar-refractivity contribution < 1.29 is 19.4 Å². The van der Waals surface area contributed by atoms with Gasteiger partial charge in [-0.05, 0) is 24.3 Å². The Balaban J connectivity index is 2.73. The van der Waals surface area contributed by atoms with Crippen LogP contribution in [0, 0.1) is 0 Å². The van der Waals surface area contributed by atoms with Gasteiger partial charge in [-0.2, -0.15) is 0 Å². The summed E-state index contributed by atoms with van der Waals surface area (Å²) in [6.45, 7) is 0. The molecule has 0 aliphatic rings. The molecule has 0 fully saturated rings. The minimum Gasteiger partial charge on any atom is -0.515 e. The van der Waals surface area contributed by atoms with Crippen molar-refractivity contribution in [3.8, 4) is 5.75 Å². The van der Waals surface area contributed by atoms with Gasteiger partial charge in [0.2, 0.25) is 0 Å². The Labute approximate surface area is 116 Å². The van der Waals surface area contributed by atoms with E-state index in [2.05, 4.69) is 0 Å². The molecule has 0 aliphatic carbocycles. The van der Waals surface area contributed by atoms with E-state index in [1.54, 1.807) is 0 Å². The Kier molecular flexibility index (Phi) is 2.72. The van der Waals surface area contributed by atoms with Crippen molar-refractivity contribution in [2.24, 2.45) is 0 Å². The predicted octanol–water partition coefficient (Wildman–Crippen LogP) is 0.839. The van der Waals surface area contributed by atoms with Crippen molar-refractivity contribution in [1.29, 1.82) is 0 Å². The highest BCUT2D eigenvalue weighted by Gasteiger charge is 2.15. The second kappa shape index (κ2) is 4.45. The molecule has 2 N–H and O–H groups in total. The molecule has 0 atom stereocenters. The van der Waals surface area contributed by atoms with Crippen LogP contribution in [0.2, 0.25) is 0 Å². The molecule has 0 unspecified atom stereocenters. The Morgan fingerprint density at radius 2 is 1.57 bits per heavy atom. The molecule has 1 aromatic heterocycles. The lowest BCUT2D eigenvalue weighted by atomic mass is 10.1. The molecule has 1 heterocycles. The lowest BCUT2D eigenvalue weighted by Gasteiger charge is -2.06. The summed E-state index contributed by atoms with van der Waals surface area (Å²) in [7, 11) is 0. The molecular formula is C15H8O6. The van der Waals surface area contributed by atoms with Gasteiger partial charge in [-0.25, -0.2) is 0 Å². The highest BCUT2D eigenvalue weighted by atomic mass is 16.3. The summed E-state index contributed by atoms with van der Waals surface area (Å²) in [5, 5.41) is 19.6. The fourth-order valence-electron chi connectivity index (χ4n) is 2.24. The maximum atomic E-state index is 11.7. The third kappa shape index (κ3) is 1.69. The van der Waals surface area contributed by atoms with Crippen molar-refractivity contribution in [3.63, 3.8) is 0 Å². The maximum Gasteiger partial charge on any atom is 0.192 e. The molecule has 0 bridgehead atoms. The molecule has 0 saturated heterocycles. The highest BCUT2D eigenvalue weighted by Crippen LogP contribution is 2.32. The summed E-state index contributed by atoms with van der Waals surface area (Å²) in [6.07, 6.45) is 0.879. The quantitative estimate of drug-likeness (QED) is 0.507. The highest BCUT2D eigenvalue weighted by molar-refractivity contribution is 6.03. The number of carbonyl (C=O) groups excluding carboxylic acids is 1. The van der Waals surface area contributed by atoms with Crippen LogP contribution in [0.4, 0.5) is 0 Å². The average molecular weight is 284 g/mol. The smallest absolute Gasteiger partial charge is 0.192 e. The number of hydrogen-bond acceptors (Lipinski definition) is 6. The van der Waals surface area contributed by atoms with E-state index in [4.69, 9.17) is 9.52 Å². The molecule has 0 spiro atoms. The van der Waals surface area contributed by atoms with E-state index in [0.717, 1.165) is 6.07 Å². The number of carbonyl (C=O) groups is 1. The average Bonchev–Trinajstić information content (AvgIpc) is 2.47. The molecule has 0 amide bonds. The summed E-state index contributed by atoms with van der Waals surface area (Å²) < 4.78 is 5.45. The Hall–Kier alpha value is -3.15. The molecule has 3 rings (SSSR count). The number of rotatable bonds is 1. The zero-order valence-electron chi connectivity index (χ0n) is 10.5. The van der Waals surface area contributed by atoms with Gasteiger partial charge in [0, 0.05) is 0 Å². The molecule has 0 aliphatic heterocycles. The van der Waals surface area contributed by atoms with E-state index < -0.39 is 10.9 Å². The largest absolute Gasteiger partial charge is 0.515 e. The van der Waals surface area contributed by atoms with Crippen LogP contribution in [-0.4, -0.2) is 16.5 Å². The van der Waals surface area contributed by atoms with E-state index in [0.29, 0.717) is 12.5 Å². The molecule has 104 valence electrons.